The van der Waals surface area contributed by atoms with Gasteiger partial charge in [0, 0.05) is 13.4 Å². The number of amides is 1. The van der Waals surface area contributed by atoms with Gasteiger partial charge in [0.25, 0.3) is 0 Å². The molecule has 0 bridgehead atoms. The van der Waals surface area contributed by atoms with Crippen molar-refractivity contribution in [3.05, 3.63) is 11.8 Å². The van der Waals surface area contributed by atoms with Crippen LogP contribution in [0.25, 0.3) is 0 Å². The molecule has 0 radical (unpaired) electrons. The Balaban J connectivity index is 0.000000512. The van der Waals surface area contributed by atoms with Crippen LogP contribution in [0.15, 0.2) is 10.6 Å². The smallest absolute Gasteiger partial charge is 0.231 e. The average molecular weight is 240 g/mol. The summed E-state index contributed by atoms with van der Waals surface area (Å²) in [6.45, 7) is 6.50. The van der Waals surface area contributed by atoms with E-state index in [-0.39, 0.29) is 1.43 Å². The van der Waals surface area contributed by atoms with E-state index in [9.17, 15) is 4.79 Å². The highest BCUT2D eigenvalue weighted by atomic mass is 16.5. The molecule has 1 N–H and O–H groups in total. The molecule has 1 aliphatic rings. The first kappa shape index (κ1) is 13.7. The minimum atomic E-state index is 0. The van der Waals surface area contributed by atoms with Gasteiger partial charge in [-0.05, 0) is 18.8 Å². The van der Waals surface area contributed by atoms with Crippen molar-refractivity contribution in [1.29, 1.82) is 0 Å². The molecule has 2 rings (SSSR count). The zero-order valence-electron chi connectivity index (χ0n) is 10.9. The third-order valence-corrected chi connectivity index (χ3v) is 2.50. The molecular weight excluding hydrogens is 216 g/mol. The summed E-state index contributed by atoms with van der Waals surface area (Å²) in [6.07, 6.45) is 5.51. The van der Waals surface area contributed by atoms with E-state index >= 15 is 0 Å². The number of hydrogen-bond acceptors (Lipinski definition) is 3. The Kier molecular flexibility index (Phi) is 5.73. The molecule has 0 unspecified atom stereocenters. The number of anilines is 1. The predicted octanol–water partition coefficient (Wildman–Crippen LogP) is 3.81. The van der Waals surface area contributed by atoms with Crippen LogP contribution in [-0.4, -0.2) is 11.6 Å². The third kappa shape index (κ3) is 5.02. The fourth-order valence-corrected chi connectivity index (χ4v) is 1.83. The molecule has 98 valence electrons. The van der Waals surface area contributed by atoms with Gasteiger partial charge in [-0.15, -0.1) is 0 Å². The highest BCUT2D eigenvalue weighted by Gasteiger charge is 2.20. The van der Waals surface area contributed by atoms with E-state index < -0.39 is 0 Å². The monoisotopic (exact) mass is 240 g/mol. The molecule has 1 fully saturated rings. The van der Waals surface area contributed by atoms with Gasteiger partial charge in [0.05, 0.1) is 5.69 Å². The second kappa shape index (κ2) is 7.09. The maximum Gasteiger partial charge on any atom is 0.231 e. The van der Waals surface area contributed by atoms with Crippen molar-refractivity contribution in [2.45, 2.75) is 52.4 Å². The summed E-state index contributed by atoms with van der Waals surface area (Å²) in [5, 5.41) is 6.36. The van der Waals surface area contributed by atoms with Crippen LogP contribution in [0, 0.1) is 5.92 Å². The van der Waals surface area contributed by atoms with E-state index in [4.69, 9.17) is 4.52 Å². The highest BCUT2D eigenvalue weighted by Crippen LogP contribution is 2.34. The van der Waals surface area contributed by atoms with Gasteiger partial charge in [-0.3, -0.25) is 10.1 Å². The summed E-state index contributed by atoms with van der Waals surface area (Å²) in [5.74, 6) is 1.81. The molecule has 0 spiro atoms. The zero-order chi connectivity index (χ0) is 12.7. The molecule has 17 heavy (non-hydrogen) atoms. The van der Waals surface area contributed by atoms with Gasteiger partial charge in [-0.25, -0.2) is 0 Å². The molecule has 1 aliphatic carbocycles. The van der Waals surface area contributed by atoms with Crippen LogP contribution in [0.4, 0.5) is 5.88 Å². The minimum Gasteiger partial charge on any atom is -0.338 e. The minimum absolute atomic E-state index is 0. The van der Waals surface area contributed by atoms with Gasteiger partial charge in [-0.2, -0.15) is 0 Å². The van der Waals surface area contributed by atoms with Crippen molar-refractivity contribution in [3.63, 3.8) is 0 Å². The number of aromatic nitrogens is 1. The molecule has 1 aromatic rings. The molecule has 0 aliphatic heterocycles. The van der Waals surface area contributed by atoms with Gasteiger partial charge >= 0.3 is 0 Å². The maximum atomic E-state index is 10.1. The SMILES string of the molecule is CC(C)C.O=CNc1cc(C2CCCC2)no1.[HH]. The summed E-state index contributed by atoms with van der Waals surface area (Å²) in [4.78, 5) is 10.1. The number of hydrogen-bond donors (Lipinski definition) is 1. The molecule has 1 amide bonds. The number of nitrogens with one attached hydrogen (secondary N) is 1. The molecule has 0 aromatic carbocycles. The van der Waals surface area contributed by atoms with Crippen LogP contribution in [0.3, 0.4) is 0 Å². The van der Waals surface area contributed by atoms with Crippen LogP contribution >= 0.6 is 0 Å². The lowest BCUT2D eigenvalue weighted by Crippen LogP contribution is -1.92. The molecule has 1 aromatic heterocycles. The lowest BCUT2D eigenvalue weighted by Gasteiger charge is -2.00. The van der Waals surface area contributed by atoms with Gasteiger partial charge < -0.3 is 4.52 Å². The number of nitrogens with zero attached hydrogens (tertiary/aromatic N) is 1. The van der Waals surface area contributed by atoms with Crippen LogP contribution in [0.2, 0.25) is 0 Å². The van der Waals surface area contributed by atoms with E-state index in [1.807, 2.05) is 6.07 Å². The lowest BCUT2D eigenvalue weighted by atomic mass is 10.0. The topological polar surface area (TPSA) is 55.1 Å². The lowest BCUT2D eigenvalue weighted by molar-refractivity contribution is -0.105. The standard InChI is InChI=1S/C9H12N2O2.C4H10.H2/c12-6-10-9-5-8(11-13-9)7-3-1-2-4-7;1-4(2)3;/h5-7H,1-4H2,(H,10,12);4H,1-3H3;1H. The van der Waals surface area contributed by atoms with E-state index in [0.717, 1.165) is 11.6 Å². The molecule has 4 nitrogen and oxygen atoms in total. The van der Waals surface area contributed by atoms with Crippen molar-refractivity contribution in [2.75, 3.05) is 5.32 Å². The Labute approximate surface area is 104 Å². The molecule has 0 atom stereocenters. The van der Waals surface area contributed by atoms with Crippen LogP contribution in [-0.2, 0) is 4.79 Å². The number of carbonyl (C=O) groups is 1. The second-order valence-corrected chi connectivity index (χ2v) is 5.09. The Morgan fingerprint density at radius 1 is 1.47 bits per heavy atom. The second-order valence-electron chi connectivity index (χ2n) is 5.09. The highest BCUT2D eigenvalue weighted by molar-refractivity contribution is 5.67. The van der Waals surface area contributed by atoms with Crippen molar-refractivity contribution >= 4 is 12.3 Å². The van der Waals surface area contributed by atoms with Crippen LogP contribution in [0.5, 0.6) is 0 Å². The Morgan fingerprint density at radius 3 is 2.59 bits per heavy atom. The fraction of sp³-hybridized carbons (Fsp3) is 0.692. The largest absolute Gasteiger partial charge is 0.338 e. The summed E-state index contributed by atoms with van der Waals surface area (Å²) in [5.41, 5.74) is 0.974. The quantitative estimate of drug-likeness (QED) is 0.817. The number of carbonyl (C=O) groups excluding carboxylic acids is 1. The van der Waals surface area contributed by atoms with Gasteiger partial charge in [0.15, 0.2) is 0 Å². The third-order valence-electron chi connectivity index (χ3n) is 2.50. The summed E-state index contributed by atoms with van der Waals surface area (Å²) in [6, 6.07) is 1.81. The molecule has 1 saturated carbocycles. The Hall–Kier alpha value is -1.32. The first-order valence-corrected chi connectivity index (χ1v) is 6.30. The van der Waals surface area contributed by atoms with Crippen molar-refractivity contribution in [1.82, 2.24) is 5.16 Å². The number of rotatable bonds is 3. The first-order valence-electron chi connectivity index (χ1n) is 6.30. The molecule has 1 heterocycles. The van der Waals surface area contributed by atoms with E-state index in [1.54, 1.807) is 0 Å². The average Bonchev–Trinajstić information content (AvgIpc) is 2.84. The van der Waals surface area contributed by atoms with Crippen LogP contribution in [0.1, 0.15) is 59.5 Å². The predicted molar refractivity (Wildman–Crippen MR) is 70.0 cm³/mol. The van der Waals surface area contributed by atoms with Crippen molar-refractivity contribution in [3.8, 4) is 0 Å². The summed E-state index contributed by atoms with van der Waals surface area (Å²) < 4.78 is 4.93. The maximum absolute atomic E-state index is 10.1. The van der Waals surface area contributed by atoms with Crippen molar-refractivity contribution in [2.24, 2.45) is 5.92 Å². The fourth-order valence-electron chi connectivity index (χ4n) is 1.83. The molecule has 0 saturated heterocycles. The van der Waals surface area contributed by atoms with Gasteiger partial charge in [0.1, 0.15) is 0 Å². The van der Waals surface area contributed by atoms with Crippen LogP contribution < -0.4 is 5.32 Å². The van der Waals surface area contributed by atoms with E-state index in [0.29, 0.717) is 18.2 Å². The molecular formula is C13H24N2O2. The summed E-state index contributed by atoms with van der Waals surface area (Å²) in [7, 11) is 0. The van der Waals surface area contributed by atoms with E-state index in [1.165, 1.54) is 25.7 Å². The van der Waals surface area contributed by atoms with Gasteiger partial charge in [0.2, 0.25) is 12.3 Å². The van der Waals surface area contributed by atoms with E-state index in [2.05, 4.69) is 31.2 Å². The van der Waals surface area contributed by atoms with Gasteiger partial charge in [-0.1, -0.05) is 38.8 Å². The normalized spacial score (nSPS) is 15.5. The molecule has 4 heteroatoms. The van der Waals surface area contributed by atoms with Crippen molar-refractivity contribution < 1.29 is 10.7 Å². The Morgan fingerprint density at radius 2 is 2.06 bits per heavy atom. The Bertz CT molecular complexity index is 331. The zero-order valence-corrected chi connectivity index (χ0v) is 10.9. The summed E-state index contributed by atoms with van der Waals surface area (Å²) >= 11 is 0. The first-order chi connectivity index (χ1) is 8.13.